The van der Waals surface area contributed by atoms with Crippen LogP contribution in [0.15, 0.2) is 126 Å². The highest BCUT2D eigenvalue weighted by atomic mass is 32.2. The Hall–Kier alpha value is -5.61. The van der Waals surface area contributed by atoms with Crippen LogP contribution in [0.25, 0.3) is 0 Å². The van der Waals surface area contributed by atoms with E-state index in [1.165, 1.54) is 19.2 Å². The number of amides is 1. The molecule has 0 bridgehead atoms. The SMILES string of the molecule is CCOc1ccc(N2C(=O)c3cc(S(=O)(=O)Nc4ccc(C)cc4)ccc3N(Cc3ccccc3)[C@@H]2c2ccc(C(=O)OC)cc2)cc1. The zero-order valence-corrected chi connectivity index (χ0v) is 27.6. The summed E-state index contributed by atoms with van der Waals surface area (Å²) in [7, 11) is -2.71. The van der Waals surface area contributed by atoms with Gasteiger partial charge in [-0.1, -0.05) is 60.2 Å². The summed E-state index contributed by atoms with van der Waals surface area (Å²) in [5, 5.41) is 0. The van der Waals surface area contributed by atoms with Gasteiger partial charge >= 0.3 is 5.97 Å². The average molecular weight is 662 g/mol. The second-order valence-electron chi connectivity index (χ2n) is 11.4. The summed E-state index contributed by atoms with van der Waals surface area (Å²) < 4.78 is 40.4. The van der Waals surface area contributed by atoms with Crippen molar-refractivity contribution < 1.29 is 27.5 Å². The van der Waals surface area contributed by atoms with Crippen molar-refractivity contribution in [1.29, 1.82) is 0 Å². The van der Waals surface area contributed by atoms with Gasteiger partial charge in [-0.25, -0.2) is 13.2 Å². The lowest BCUT2D eigenvalue weighted by molar-refractivity contribution is 0.0600. The van der Waals surface area contributed by atoms with Crippen LogP contribution in [-0.2, 0) is 21.3 Å². The van der Waals surface area contributed by atoms with Gasteiger partial charge in [-0.05, 0) is 91.7 Å². The molecule has 1 heterocycles. The van der Waals surface area contributed by atoms with E-state index in [4.69, 9.17) is 9.47 Å². The molecule has 1 aliphatic heterocycles. The molecule has 5 aromatic carbocycles. The molecule has 1 amide bonds. The molecule has 0 saturated carbocycles. The normalized spacial score (nSPS) is 14.3. The fraction of sp³-hybridized carbons (Fsp3) is 0.158. The van der Waals surface area contributed by atoms with Gasteiger partial charge in [0.15, 0.2) is 0 Å². The van der Waals surface area contributed by atoms with Gasteiger partial charge in [0.25, 0.3) is 15.9 Å². The van der Waals surface area contributed by atoms with E-state index < -0.39 is 22.2 Å². The van der Waals surface area contributed by atoms with Crippen molar-refractivity contribution in [1.82, 2.24) is 0 Å². The zero-order chi connectivity index (χ0) is 33.8. The Bertz CT molecular complexity index is 2030. The number of fused-ring (bicyclic) bond motifs is 1. The Balaban J connectivity index is 1.51. The Morgan fingerprint density at radius 2 is 1.54 bits per heavy atom. The minimum atomic E-state index is -4.03. The number of anilines is 3. The van der Waals surface area contributed by atoms with Gasteiger partial charge in [0, 0.05) is 17.9 Å². The van der Waals surface area contributed by atoms with Crippen LogP contribution >= 0.6 is 0 Å². The molecule has 6 rings (SSSR count). The summed E-state index contributed by atoms with van der Waals surface area (Å²) >= 11 is 0. The fourth-order valence-electron chi connectivity index (χ4n) is 5.77. The van der Waals surface area contributed by atoms with Crippen LogP contribution in [0.4, 0.5) is 17.1 Å². The summed E-state index contributed by atoms with van der Waals surface area (Å²) in [6.07, 6.45) is -0.664. The summed E-state index contributed by atoms with van der Waals surface area (Å²) in [6, 6.07) is 35.7. The molecule has 48 heavy (non-hydrogen) atoms. The lowest BCUT2D eigenvalue weighted by atomic mass is 9.98. The monoisotopic (exact) mass is 661 g/mol. The first-order chi connectivity index (χ1) is 23.2. The molecule has 9 nitrogen and oxygen atoms in total. The smallest absolute Gasteiger partial charge is 0.337 e. The Kier molecular flexibility index (Phi) is 9.18. The van der Waals surface area contributed by atoms with Crippen molar-refractivity contribution in [2.45, 2.75) is 31.5 Å². The van der Waals surface area contributed by atoms with Gasteiger partial charge in [0.2, 0.25) is 0 Å². The number of carbonyl (C=O) groups is 2. The summed E-state index contributed by atoms with van der Waals surface area (Å²) in [6.45, 7) is 4.70. The van der Waals surface area contributed by atoms with Gasteiger partial charge in [-0.3, -0.25) is 14.4 Å². The number of aryl methyl sites for hydroxylation is 1. The van der Waals surface area contributed by atoms with E-state index in [1.807, 2.05) is 68.4 Å². The molecule has 0 aromatic heterocycles. The number of hydrogen-bond donors (Lipinski definition) is 1. The topological polar surface area (TPSA) is 105 Å². The van der Waals surface area contributed by atoms with E-state index in [2.05, 4.69) is 9.62 Å². The summed E-state index contributed by atoms with van der Waals surface area (Å²) in [5.74, 6) is -0.196. The molecular formula is C38H35N3O6S. The van der Waals surface area contributed by atoms with E-state index in [-0.39, 0.29) is 16.4 Å². The lowest BCUT2D eigenvalue weighted by Crippen LogP contribution is -2.49. The molecule has 10 heteroatoms. The van der Waals surface area contributed by atoms with E-state index in [0.717, 1.165) is 16.7 Å². The molecule has 0 unspecified atom stereocenters. The number of sulfonamides is 1. The third kappa shape index (κ3) is 6.61. The third-order valence-electron chi connectivity index (χ3n) is 8.13. The number of rotatable bonds is 10. The van der Waals surface area contributed by atoms with E-state index in [0.29, 0.717) is 41.5 Å². The van der Waals surface area contributed by atoms with Crippen molar-refractivity contribution in [3.8, 4) is 5.75 Å². The highest BCUT2D eigenvalue weighted by Gasteiger charge is 2.40. The zero-order valence-electron chi connectivity index (χ0n) is 26.8. The first kappa shape index (κ1) is 32.3. The molecular weight excluding hydrogens is 627 g/mol. The Morgan fingerprint density at radius 1 is 0.854 bits per heavy atom. The maximum absolute atomic E-state index is 14.7. The van der Waals surface area contributed by atoms with Crippen molar-refractivity contribution in [3.63, 3.8) is 0 Å². The largest absolute Gasteiger partial charge is 0.494 e. The van der Waals surface area contributed by atoms with Crippen molar-refractivity contribution >= 4 is 39.0 Å². The van der Waals surface area contributed by atoms with Gasteiger partial charge in [0.05, 0.1) is 35.4 Å². The highest BCUT2D eigenvalue weighted by Crippen LogP contribution is 2.43. The number of ether oxygens (including phenoxy) is 2. The first-order valence-corrected chi connectivity index (χ1v) is 17.0. The Morgan fingerprint density at radius 3 is 2.19 bits per heavy atom. The summed E-state index contributed by atoms with van der Waals surface area (Å²) in [5.41, 5.74) is 4.91. The maximum Gasteiger partial charge on any atom is 0.337 e. The lowest BCUT2D eigenvalue weighted by Gasteiger charge is -2.46. The van der Waals surface area contributed by atoms with Gasteiger partial charge < -0.3 is 14.4 Å². The van der Waals surface area contributed by atoms with Crippen LogP contribution in [0, 0.1) is 6.92 Å². The van der Waals surface area contributed by atoms with Crippen LogP contribution in [0.5, 0.6) is 5.75 Å². The van der Waals surface area contributed by atoms with Crippen LogP contribution in [0.1, 0.15) is 50.5 Å². The quantitative estimate of drug-likeness (QED) is 0.156. The molecule has 1 atom stereocenters. The maximum atomic E-state index is 14.7. The van der Waals surface area contributed by atoms with E-state index in [1.54, 1.807) is 59.5 Å². The van der Waals surface area contributed by atoms with E-state index in [9.17, 15) is 18.0 Å². The predicted molar refractivity (Wildman–Crippen MR) is 186 cm³/mol. The number of esters is 1. The molecule has 0 saturated heterocycles. The number of benzene rings is 5. The predicted octanol–water partition coefficient (Wildman–Crippen LogP) is 7.35. The number of carbonyl (C=O) groups excluding carboxylic acids is 2. The van der Waals surface area contributed by atoms with Gasteiger partial charge in [0.1, 0.15) is 11.9 Å². The van der Waals surface area contributed by atoms with Crippen molar-refractivity contribution in [2.75, 3.05) is 28.2 Å². The van der Waals surface area contributed by atoms with Crippen LogP contribution in [0.3, 0.4) is 0 Å². The minimum absolute atomic E-state index is 0.0395. The first-order valence-electron chi connectivity index (χ1n) is 15.5. The van der Waals surface area contributed by atoms with Gasteiger partial charge in [-0.2, -0.15) is 0 Å². The van der Waals surface area contributed by atoms with Crippen LogP contribution < -0.4 is 19.3 Å². The number of methoxy groups -OCH3 is 1. The molecule has 244 valence electrons. The minimum Gasteiger partial charge on any atom is -0.494 e. The number of nitrogens with zero attached hydrogens (tertiary/aromatic N) is 2. The van der Waals surface area contributed by atoms with Crippen molar-refractivity contribution in [2.24, 2.45) is 0 Å². The van der Waals surface area contributed by atoms with E-state index >= 15 is 0 Å². The molecule has 0 fully saturated rings. The van der Waals surface area contributed by atoms with Crippen molar-refractivity contribution in [3.05, 3.63) is 149 Å². The molecule has 0 aliphatic carbocycles. The third-order valence-corrected chi connectivity index (χ3v) is 9.51. The molecule has 1 N–H and O–H groups in total. The molecule has 1 aliphatic rings. The number of hydrogen-bond acceptors (Lipinski definition) is 7. The Labute approximate surface area is 280 Å². The second-order valence-corrected chi connectivity index (χ2v) is 13.0. The highest BCUT2D eigenvalue weighted by molar-refractivity contribution is 7.92. The molecule has 0 spiro atoms. The fourth-order valence-corrected chi connectivity index (χ4v) is 6.85. The average Bonchev–Trinajstić information content (AvgIpc) is 3.11. The van der Waals surface area contributed by atoms with Gasteiger partial charge in [-0.15, -0.1) is 0 Å². The van der Waals surface area contributed by atoms with Crippen LogP contribution in [0.2, 0.25) is 0 Å². The standard InChI is InChI=1S/C38H35N3O6S/c1-4-47-32-20-18-31(19-21-32)41-36(28-12-14-29(15-13-28)38(43)46-3)40(25-27-8-6-5-7-9-27)35-23-22-33(24-34(35)37(41)42)48(44,45)39-30-16-10-26(2)11-17-30/h5-24,36,39H,4,25H2,1-3H3/t36-/m0/s1. The molecule has 0 radical (unpaired) electrons. The summed E-state index contributed by atoms with van der Waals surface area (Å²) in [4.78, 5) is 30.6. The second kappa shape index (κ2) is 13.6. The van der Waals surface area contributed by atoms with Crippen LogP contribution in [-0.4, -0.2) is 34.0 Å². The molecule has 5 aromatic rings. The number of nitrogens with one attached hydrogen (secondary N) is 1.